The van der Waals surface area contributed by atoms with Crippen LogP contribution in [0.25, 0.3) is 0 Å². The minimum Gasteiger partial charge on any atom is -0.508 e. The van der Waals surface area contributed by atoms with E-state index < -0.39 is 0 Å². The summed E-state index contributed by atoms with van der Waals surface area (Å²) in [5.41, 5.74) is 2.85. The molecule has 1 N–H and O–H groups in total. The van der Waals surface area contributed by atoms with Gasteiger partial charge in [-0.3, -0.25) is 0 Å². The van der Waals surface area contributed by atoms with Gasteiger partial charge in [0.2, 0.25) is 0 Å². The number of fused-ring (bicyclic) bond motifs is 1. The van der Waals surface area contributed by atoms with E-state index in [0.29, 0.717) is 11.8 Å². The Morgan fingerprint density at radius 1 is 1.20 bits per heavy atom. The van der Waals surface area contributed by atoms with E-state index in [4.69, 9.17) is 0 Å². The number of aromatic hydroxyl groups is 1. The molecule has 2 heteroatoms. The van der Waals surface area contributed by atoms with E-state index in [-0.39, 0.29) is 0 Å². The molecular weight excluding hydrogens is 186 g/mol. The predicted molar refractivity (Wildman–Crippen MR) is 59.5 cm³/mol. The first-order valence-corrected chi connectivity index (χ1v) is 5.59. The first kappa shape index (κ1) is 8.84. The molecule has 0 unspecified atom stereocenters. The molecule has 2 nitrogen and oxygen atoms in total. The molecule has 1 aromatic rings. The molecule has 0 spiro atoms. The third-order valence-electron chi connectivity index (χ3n) is 3.45. The number of hydrogen-bond acceptors (Lipinski definition) is 2. The molecule has 1 saturated heterocycles. The number of phenolic OH excluding ortho intramolecular Hbond substituents is 1. The lowest BCUT2D eigenvalue weighted by molar-refractivity contribution is 0.322. The molecule has 0 radical (unpaired) electrons. The molecule has 1 atom stereocenters. The van der Waals surface area contributed by atoms with Gasteiger partial charge >= 0.3 is 0 Å². The van der Waals surface area contributed by atoms with E-state index in [2.05, 4.69) is 11.0 Å². The van der Waals surface area contributed by atoms with E-state index in [1.54, 1.807) is 12.1 Å². The maximum atomic E-state index is 9.26. The predicted octanol–water partition coefficient (Wildman–Crippen LogP) is 2.82. The summed E-state index contributed by atoms with van der Waals surface area (Å²) < 4.78 is 0. The first-order chi connectivity index (χ1) is 7.34. The van der Waals surface area contributed by atoms with Crippen molar-refractivity contribution in [2.75, 3.05) is 6.54 Å². The van der Waals surface area contributed by atoms with Crippen molar-refractivity contribution >= 4 is 0 Å². The fraction of sp³-hybridized carbons (Fsp3) is 0.385. The Kier molecular flexibility index (Phi) is 1.94. The Hall–Kier alpha value is -1.44. The molecule has 0 bridgehead atoms. The van der Waals surface area contributed by atoms with Crippen LogP contribution in [0.4, 0.5) is 0 Å². The van der Waals surface area contributed by atoms with Crippen molar-refractivity contribution in [3.63, 3.8) is 0 Å². The van der Waals surface area contributed by atoms with Gasteiger partial charge in [-0.2, -0.15) is 0 Å². The lowest BCUT2D eigenvalue weighted by Crippen LogP contribution is -2.18. The summed E-state index contributed by atoms with van der Waals surface area (Å²) in [5.74, 6) is 0.355. The van der Waals surface area contributed by atoms with E-state index in [9.17, 15) is 5.11 Å². The third kappa shape index (κ3) is 1.41. The SMILES string of the molecule is Oc1ccc([C@H]2CCC3=CCCN32)cc1. The molecule has 2 aliphatic rings. The number of hydrogen-bond donors (Lipinski definition) is 1. The highest BCUT2D eigenvalue weighted by Crippen LogP contribution is 2.41. The normalized spacial score (nSPS) is 24.1. The lowest BCUT2D eigenvalue weighted by atomic mass is 10.0. The maximum absolute atomic E-state index is 9.26. The Labute approximate surface area is 89.8 Å². The molecule has 1 aromatic carbocycles. The molecule has 2 heterocycles. The highest BCUT2D eigenvalue weighted by atomic mass is 16.3. The van der Waals surface area contributed by atoms with Crippen molar-refractivity contribution in [2.24, 2.45) is 0 Å². The Morgan fingerprint density at radius 3 is 2.80 bits per heavy atom. The van der Waals surface area contributed by atoms with Gasteiger partial charge in [-0.1, -0.05) is 18.2 Å². The maximum Gasteiger partial charge on any atom is 0.115 e. The molecule has 1 fully saturated rings. The van der Waals surface area contributed by atoms with Crippen molar-refractivity contribution in [1.29, 1.82) is 0 Å². The largest absolute Gasteiger partial charge is 0.508 e. The van der Waals surface area contributed by atoms with Crippen molar-refractivity contribution in [3.05, 3.63) is 41.6 Å². The van der Waals surface area contributed by atoms with Crippen LogP contribution in [0.15, 0.2) is 36.0 Å². The Bertz CT molecular complexity index is 394. The van der Waals surface area contributed by atoms with Gasteiger partial charge in [0.15, 0.2) is 0 Å². The van der Waals surface area contributed by atoms with Gasteiger partial charge in [-0.25, -0.2) is 0 Å². The van der Waals surface area contributed by atoms with E-state index >= 15 is 0 Å². The summed E-state index contributed by atoms with van der Waals surface area (Å²) in [6.07, 6.45) is 5.99. The van der Waals surface area contributed by atoms with Gasteiger partial charge in [0.05, 0.1) is 6.04 Å². The monoisotopic (exact) mass is 201 g/mol. The van der Waals surface area contributed by atoms with E-state index in [0.717, 1.165) is 0 Å². The van der Waals surface area contributed by atoms with Crippen LogP contribution in [0.3, 0.4) is 0 Å². The van der Waals surface area contributed by atoms with Gasteiger partial charge in [0.25, 0.3) is 0 Å². The lowest BCUT2D eigenvalue weighted by Gasteiger charge is -2.24. The summed E-state index contributed by atoms with van der Waals surface area (Å²) >= 11 is 0. The summed E-state index contributed by atoms with van der Waals surface area (Å²) in [5, 5.41) is 9.26. The van der Waals surface area contributed by atoms with E-state index in [1.807, 2.05) is 12.1 Å². The second kappa shape index (κ2) is 3.30. The summed E-state index contributed by atoms with van der Waals surface area (Å²) in [6.45, 7) is 1.17. The second-order valence-corrected chi connectivity index (χ2v) is 4.32. The fourth-order valence-electron chi connectivity index (χ4n) is 2.72. The molecule has 0 aromatic heterocycles. The van der Waals surface area contributed by atoms with Crippen LogP contribution >= 0.6 is 0 Å². The summed E-state index contributed by atoms with van der Waals surface area (Å²) in [7, 11) is 0. The third-order valence-corrected chi connectivity index (χ3v) is 3.45. The number of rotatable bonds is 1. The van der Waals surface area contributed by atoms with Crippen LogP contribution in [0, 0.1) is 0 Å². The molecule has 3 rings (SSSR count). The number of phenols is 1. The van der Waals surface area contributed by atoms with E-state index in [1.165, 1.54) is 37.1 Å². The topological polar surface area (TPSA) is 23.5 Å². The van der Waals surface area contributed by atoms with Crippen molar-refractivity contribution < 1.29 is 5.11 Å². The van der Waals surface area contributed by atoms with Crippen LogP contribution in [-0.2, 0) is 0 Å². The van der Waals surface area contributed by atoms with Crippen LogP contribution < -0.4 is 0 Å². The van der Waals surface area contributed by atoms with Gasteiger partial charge in [-0.15, -0.1) is 0 Å². The standard InChI is InChI=1S/C13H15NO/c15-12-6-3-10(4-7-12)13-8-5-11-2-1-9-14(11)13/h2-4,6-7,13,15H,1,5,8-9H2/t13-/m1/s1. The van der Waals surface area contributed by atoms with Gasteiger partial charge in [-0.05, 0) is 37.0 Å². The minimum atomic E-state index is 0.355. The summed E-state index contributed by atoms with van der Waals surface area (Å²) in [6, 6.07) is 8.20. The van der Waals surface area contributed by atoms with Crippen LogP contribution in [0.5, 0.6) is 5.75 Å². The molecule has 0 aliphatic carbocycles. The molecule has 0 amide bonds. The van der Waals surface area contributed by atoms with Crippen LogP contribution in [-0.4, -0.2) is 16.6 Å². The van der Waals surface area contributed by atoms with Crippen molar-refractivity contribution in [2.45, 2.75) is 25.3 Å². The van der Waals surface area contributed by atoms with Crippen molar-refractivity contribution in [3.8, 4) is 5.75 Å². The second-order valence-electron chi connectivity index (χ2n) is 4.32. The van der Waals surface area contributed by atoms with Crippen LogP contribution in [0.2, 0.25) is 0 Å². The van der Waals surface area contributed by atoms with Gasteiger partial charge in [0, 0.05) is 12.2 Å². The van der Waals surface area contributed by atoms with Crippen molar-refractivity contribution in [1.82, 2.24) is 4.90 Å². The summed E-state index contributed by atoms with van der Waals surface area (Å²) in [4.78, 5) is 2.51. The highest BCUT2D eigenvalue weighted by molar-refractivity contribution is 5.31. The number of nitrogens with zero attached hydrogens (tertiary/aromatic N) is 1. The zero-order valence-corrected chi connectivity index (χ0v) is 8.69. The average molecular weight is 201 g/mol. The smallest absolute Gasteiger partial charge is 0.115 e. The average Bonchev–Trinajstić information content (AvgIpc) is 2.80. The zero-order valence-electron chi connectivity index (χ0n) is 8.69. The zero-order chi connectivity index (χ0) is 10.3. The van der Waals surface area contributed by atoms with Gasteiger partial charge in [0.1, 0.15) is 5.75 Å². The Balaban J connectivity index is 1.89. The molecule has 78 valence electrons. The van der Waals surface area contributed by atoms with Crippen LogP contribution in [0.1, 0.15) is 30.9 Å². The number of benzene rings is 1. The molecular formula is C13H15NO. The fourth-order valence-corrected chi connectivity index (χ4v) is 2.72. The quantitative estimate of drug-likeness (QED) is 0.755. The molecule has 15 heavy (non-hydrogen) atoms. The first-order valence-electron chi connectivity index (χ1n) is 5.59. The van der Waals surface area contributed by atoms with Gasteiger partial charge < -0.3 is 10.0 Å². The molecule has 2 aliphatic heterocycles. The number of allylic oxidation sites excluding steroid dienone is 1. The Morgan fingerprint density at radius 2 is 2.00 bits per heavy atom. The minimum absolute atomic E-state index is 0.355. The molecule has 0 saturated carbocycles. The highest BCUT2D eigenvalue weighted by Gasteiger charge is 2.30.